The maximum atomic E-state index is 8.99. The highest BCUT2D eigenvalue weighted by atomic mass is 32.2. The fourth-order valence-corrected chi connectivity index (χ4v) is 3.25. The van der Waals surface area contributed by atoms with Crippen LogP contribution < -0.4 is 4.90 Å². The number of aliphatic hydroxyl groups excluding tert-OH is 1. The number of thioether (sulfide) groups is 1. The SMILES string of the molecule is CC1=C(CCO)SC[NH+]1Cc1cnc(C)nc1[NH-]. The first kappa shape index (κ1) is 13.3. The Morgan fingerprint density at radius 2 is 2.28 bits per heavy atom. The van der Waals surface area contributed by atoms with Crippen molar-refractivity contribution in [3.05, 3.63) is 33.9 Å². The molecular formula is C12H18N4OS. The number of nitrogens with zero attached hydrogens (tertiary/aromatic N) is 2. The quantitative estimate of drug-likeness (QED) is 0.858. The zero-order valence-electron chi connectivity index (χ0n) is 10.7. The van der Waals surface area contributed by atoms with Gasteiger partial charge in [-0.25, -0.2) is 0 Å². The third-order valence-corrected chi connectivity index (χ3v) is 4.45. The van der Waals surface area contributed by atoms with Crippen molar-refractivity contribution in [3.8, 4) is 0 Å². The molecule has 1 aliphatic rings. The number of nitrogens with one attached hydrogen (secondary N) is 2. The minimum atomic E-state index is 0.199. The van der Waals surface area contributed by atoms with Gasteiger partial charge in [-0.05, 0) is 6.92 Å². The summed E-state index contributed by atoms with van der Waals surface area (Å²) >= 11 is 1.79. The van der Waals surface area contributed by atoms with Crippen LogP contribution in [0, 0.1) is 6.92 Å². The van der Waals surface area contributed by atoms with E-state index in [0.29, 0.717) is 11.6 Å². The highest BCUT2D eigenvalue weighted by Crippen LogP contribution is 2.24. The van der Waals surface area contributed by atoms with Gasteiger partial charge in [-0.2, -0.15) is 0 Å². The lowest BCUT2D eigenvalue weighted by Gasteiger charge is -2.17. The minimum absolute atomic E-state index is 0.199. The van der Waals surface area contributed by atoms with Gasteiger partial charge in [-0.3, -0.25) is 9.88 Å². The van der Waals surface area contributed by atoms with Crippen molar-refractivity contribution < 1.29 is 10.0 Å². The Kier molecular flexibility index (Phi) is 4.21. The van der Waals surface area contributed by atoms with Crippen molar-refractivity contribution >= 4 is 17.6 Å². The molecule has 0 bridgehead atoms. The monoisotopic (exact) mass is 266 g/mol. The smallest absolute Gasteiger partial charge is 0.133 e. The molecule has 0 radical (unpaired) electrons. The number of hydrogen-bond acceptors (Lipinski definition) is 4. The molecule has 1 aromatic rings. The number of aryl methyl sites for hydroxylation is 1. The fraction of sp³-hybridized carbons (Fsp3) is 0.500. The van der Waals surface area contributed by atoms with Crippen molar-refractivity contribution in [3.63, 3.8) is 0 Å². The van der Waals surface area contributed by atoms with Gasteiger partial charge in [0.1, 0.15) is 18.1 Å². The molecule has 1 aliphatic heterocycles. The van der Waals surface area contributed by atoms with Crippen LogP contribution in [0.15, 0.2) is 16.8 Å². The van der Waals surface area contributed by atoms with Crippen molar-refractivity contribution in [2.24, 2.45) is 0 Å². The summed E-state index contributed by atoms with van der Waals surface area (Å²) in [6.07, 6.45) is 2.48. The molecular weight excluding hydrogens is 248 g/mol. The van der Waals surface area contributed by atoms with Gasteiger partial charge in [-0.15, -0.1) is 0 Å². The molecule has 1 aromatic heterocycles. The van der Waals surface area contributed by atoms with Gasteiger partial charge in [0.15, 0.2) is 0 Å². The predicted molar refractivity (Wildman–Crippen MR) is 72.3 cm³/mol. The first-order valence-corrected chi connectivity index (χ1v) is 6.93. The predicted octanol–water partition coefficient (Wildman–Crippen LogP) is 1.17. The molecule has 2 rings (SSSR count). The molecule has 0 aliphatic carbocycles. The molecule has 3 N–H and O–H groups in total. The van der Waals surface area contributed by atoms with Crippen LogP contribution in [0.5, 0.6) is 0 Å². The van der Waals surface area contributed by atoms with Crippen molar-refractivity contribution in [1.29, 1.82) is 0 Å². The van der Waals surface area contributed by atoms with E-state index in [9.17, 15) is 0 Å². The molecule has 0 spiro atoms. The number of aliphatic hydroxyl groups is 1. The van der Waals surface area contributed by atoms with Crippen LogP contribution in [0.2, 0.25) is 0 Å². The summed E-state index contributed by atoms with van der Waals surface area (Å²) in [6.45, 7) is 4.83. The van der Waals surface area contributed by atoms with Gasteiger partial charge in [0, 0.05) is 42.4 Å². The maximum absolute atomic E-state index is 8.99. The lowest BCUT2D eigenvalue weighted by molar-refractivity contribution is -0.859. The Bertz CT molecular complexity index is 475. The maximum Gasteiger partial charge on any atom is 0.133 e. The summed E-state index contributed by atoms with van der Waals surface area (Å²) in [5, 5.41) is 8.99. The Balaban J connectivity index is 2.11. The average Bonchev–Trinajstić information content (AvgIpc) is 2.66. The molecule has 0 amide bonds. The topological polar surface area (TPSA) is 74.2 Å². The molecule has 1 unspecified atom stereocenters. The van der Waals surface area contributed by atoms with Crippen molar-refractivity contribution in [2.75, 3.05) is 12.5 Å². The van der Waals surface area contributed by atoms with E-state index in [1.807, 2.05) is 0 Å². The third kappa shape index (κ3) is 2.82. The molecule has 5 nitrogen and oxygen atoms in total. The van der Waals surface area contributed by atoms with E-state index < -0.39 is 0 Å². The van der Waals surface area contributed by atoms with E-state index in [0.717, 1.165) is 24.4 Å². The fourth-order valence-electron chi connectivity index (χ4n) is 1.99. The molecule has 0 aromatic carbocycles. The van der Waals surface area contributed by atoms with Crippen LogP contribution >= 0.6 is 11.8 Å². The van der Waals surface area contributed by atoms with E-state index >= 15 is 0 Å². The molecule has 6 heteroatoms. The van der Waals surface area contributed by atoms with Gasteiger partial charge in [-0.1, -0.05) is 17.6 Å². The number of quaternary nitrogens is 1. The van der Waals surface area contributed by atoms with Gasteiger partial charge in [0.25, 0.3) is 0 Å². The number of rotatable bonds is 4. The second-order valence-corrected chi connectivity index (χ2v) is 5.45. The second-order valence-electron chi connectivity index (χ2n) is 4.38. The van der Waals surface area contributed by atoms with Gasteiger partial charge in [0.05, 0.1) is 0 Å². The van der Waals surface area contributed by atoms with Crippen LogP contribution in [-0.4, -0.2) is 27.6 Å². The average molecular weight is 266 g/mol. The second kappa shape index (κ2) is 5.69. The van der Waals surface area contributed by atoms with Crippen molar-refractivity contribution in [1.82, 2.24) is 9.97 Å². The number of hydrogen-bond donors (Lipinski definition) is 2. The highest BCUT2D eigenvalue weighted by molar-refractivity contribution is 8.03. The molecule has 98 valence electrons. The molecule has 0 fully saturated rings. The molecule has 2 heterocycles. The lowest BCUT2D eigenvalue weighted by atomic mass is 10.2. The first-order valence-electron chi connectivity index (χ1n) is 5.94. The third-order valence-electron chi connectivity index (χ3n) is 3.10. The van der Waals surface area contributed by atoms with Crippen molar-refractivity contribution in [2.45, 2.75) is 26.8 Å². The van der Waals surface area contributed by atoms with E-state index in [1.165, 1.54) is 15.5 Å². The Morgan fingerprint density at radius 3 is 2.94 bits per heavy atom. The Morgan fingerprint density at radius 1 is 1.50 bits per heavy atom. The Labute approximate surface area is 111 Å². The summed E-state index contributed by atoms with van der Waals surface area (Å²) < 4.78 is 0. The van der Waals surface area contributed by atoms with Crippen LogP contribution in [-0.2, 0) is 6.54 Å². The van der Waals surface area contributed by atoms with E-state index in [2.05, 4.69) is 16.9 Å². The number of aromatic nitrogens is 2. The summed E-state index contributed by atoms with van der Waals surface area (Å²) in [7, 11) is 0. The van der Waals surface area contributed by atoms with Crippen LogP contribution in [0.1, 0.15) is 24.7 Å². The molecule has 1 atom stereocenters. The summed E-state index contributed by atoms with van der Waals surface area (Å²) in [6, 6.07) is 0. The zero-order chi connectivity index (χ0) is 13.1. The van der Waals surface area contributed by atoms with Crippen LogP contribution in [0.4, 0.5) is 5.82 Å². The van der Waals surface area contributed by atoms with Crippen LogP contribution in [0.25, 0.3) is 5.73 Å². The lowest BCUT2D eigenvalue weighted by Crippen LogP contribution is -3.06. The molecule has 18 heavy (non-hydrogen) atoms. The summed E-state index contributed by atoms with van der Waals surface area (Å²) in [5.74, 6) is 1.92. The summed E-state index contributed by atoms with van der Waals surface area (Å²) in [4.78, 5) is 10.8. The normalized spacial score (nSPS) is 19.6. The van der Waals surface area contributed by atoms with Gasteiger partial charge in [0.2, 0.25) is 0 Å². The highest BCUT2D eigenvalue weighted by Gasteiger charge is 2.24. The molecule has 0 saturated carbocycles. The van der Waals surface area contributed by atoms with E-state index in [1.54, 1.807) is 24.9 Å². The first-order chi connectivity index (χ1) is 8.61. The molecule has 0 saturated heterocycles. The van der Waals surface area contributed by atoms with E-state index in [-0.39, 0.29) is 6.61 Å². The number of allylic oxidation sites excluding steroid dienone is 1. The van der Waals surface area contributed by atoms with E-state index in [4.69, 9.17) is 10.8 Å². The standard InChI is InChI=1S/C12H17N4OS/c1-8-11(3-4-17)18-7-16(8)6-10-5-14-9(2)15-12(10)13/h5,17H,3-4,6-7H2,1-2H3,(H-,13,14,15)/q-1/p+1. The zero-order valence-corrected chi connectivity index (χ0v) is 11.5. The van der Waals surface area contributed by atoms with Gasteiger partial charge < -0.3 is 15.8 Å². The Hall–Kier alpha value is -1.11. The van der Waals surface area contributed by atoms with Crippen LogP contribution in [0.3, 0.4) is 0 Å². The van der Waals surface area contributed by atoms with Gasteiger partial charge >= 0.3 is 0 Å². The summed E-state index contributed by atoms with van der Waals surface area (Å²) in [5.41, 5.74) is 9.99. The largest absolute Gasteiger partial charge is 0.482 e. The minimum Gasteiger partial charge on any atom is -0.482 e.